The molecule has 0 bridgehead atoms. The largest absolute Gasteiger partial charge is 0.298 e. The second-order valence-electron chi connectivity index (χ2n) is 5.55. The van der Waals surface area contributed by atoms with E-state index in [9.17, 15) is 4.79 Å². The molecule has 0 spiro atoms. The van der Waals surface area contributed by atoms with Gasteiger partial charge < -0.3 is 0 Å². The number of rotatable bonds is 3. The topological polar surface area (TPSA) is 17.1 Å². The summed E-state index contributed by atoms with van der Waals surface area (Å²) >= 11 is 0. The lowest BCUT2D eigenvalue weighted by atomic mass is 9.89. The highest BCUT2D eigenvalue weighted by Gasteiger charge is 2.13. The van der Waals surface area contributed by atoms with Crippen molar-refractivity contribution in [2.24, 2.45) is 0 Å². The molecule has 1 aromatic rings. The van der Waals surface area contributed by atoms with Gasteiger partial charge in [0.05, 0.1) is 0 Å². The molecule has 0 N–H and O–H groups in total. The van der Waals surface area contributed by atoms with E-state index < -0.39 is 0 Å². The van der Waals surface area contributed by atoms with Crippen molar-refractivity contribution in [2.75, 3.05) is 0 Å². The van der Waals surface area contributed by atoms with Crippen LogP contribution in [0.3, 0.4) is 0 Å². The van der Waals surface area contributed by atoms with Gasteiger partial charge in [0.2, 0.25) is 0 Å². The molecule has 0 aromatic heterocycles. The Balaban J connectivity index is 2.65. The fourth-order valence-corrected chi connectivity index (χ4v) is 2.75. The molecule has 108 valence electrons. The third-order valence-corrected chi connectivity index (χ3v) is 4.29. The Morgan fingerprint density at radius 3 is 2.48 bits per heavy atom. The Hall–Kier alpha value is -2.15. The zero-order valence-corrected chi connectivity index (χ0v) is 13.3. The maximum Gasteiger partial charge on any atom is 0.150 e. The van der Waals surface area contributed by atoms with Gasteiger partial charge in [-0.05, 0) is 66.2 Å². The van der Waals surface area contributed by atoms with Crippen LogP contribution in [-0.4, -0.2) is 6.29 Å². The van der Waals surface area contributed by atoms with Crippen LogP contribution in [0.5, 0.6) is 0 Å². The molecule has 0 heterocycles. The predicted octanol–water partition coefficient (Wildman–Crippen LogP) is 5.22. The summed E-state index contributed by atoms with van der Waals surface area (Å²) in [4.78, 5) is 11.3. The minimum atomic E-state index is 0.828. The quantitative estimate of drug-likeness (QED) is 0.693. The highest BCUT2D eigenvalue weighted by atomic mass is 16.1. The van der Waals surface area contributed by atoms with Gasteiger partial charge in [0, 0.05) is 5.56 Å². The van der Waals surface area contributed by atoms with Gasteiger partial charge in [-0.1, -0.05) is 43.9 Å². The molecule has 0 fully saturated rings. The number of hydrogen-bond donors (Lipinski definition) is 0. The van der Waals surface area contributed by atoms with Crippen LogP contribution < -0.4 is 0 Å². The molecule has 1 heteroatoms. The second-order valence-corrected chi connectivity index (χ2v) is 5.55. The highest BCUT2D eigenvalue weighted by Crippen LogP contribution is 2.32. The van der Waals surface area contributed by atoms with Gasteiger partial charge in [0.25, 0.3) is 0 Å². The Bertz CT molecular complexity index is 697. The van der Waals surface area contributed by atoms with Crippen molar-refractivity contribution in [1.82, 2.24) is 0 Å². The summed E-state index contributed by atoms with van der Waals surface area (Å²) in [6.07, 6.45) is 8.05. The van der Waals surface area contributed by atoms with Crippen LogP contribution in [0, 0.1) is 6.92 Å². The number of allylic oxidation sites excluding steroid dienone is 7. The first kappa shape index (κ1) is 15.2. The first-order valence-corrected chi connectivity index (χ1v) is 7.34. The lowest BCUT2D eigenvalue weighted by Gasteiger charge is -2.15. The Kier molecular flexibility index (Phi) is 4.42. The summed E-state index contributed by atoms with van der Waals surface area (Å²) < 4.78 is 0. The number of carbonyl (C=O) groups excluding carboxylic acids is 1. The van der Waals surface area contributed by atoms with Crippen LogP contribution >= 0.6 is 0 Å². The van der Waals surface area contributed by atoms with Crippen LogP contribution in [0.1, 0.15) is 47.8 Å². The maximum absolute atomic E-state index is 11.3. The van der Waals surface area contributed by atoms with Gasteiger partial charge >= 0.3 is 0 Å². The molecule has 0 radical (unpaired) electrons. The molecule has 1 aromatic carbocycles. The average molecular weight is 278 g/mol. The van der Waals surface area contributed by atoms with E-state index in [4.69, 9.17) is 0 Å². The zero-order valence-electron chi connectivity index (χ0n) is 13.3. The van der Waals surface area contributed by atoms with Crippen molar-refractivity contribution in [1.29, 1.82) is 0 Å². The van der Waals surface area contributed by atoms with Crippen LogP contribution in [0.2, 0.25) is 0 Å². The summed E-state index contributed by atoms with van der Waals surface area (Å²) in [5.41, 5.74) is 8.86. The van der Waals surface area contributed by atoms with Crippen LogP contribution in [0.25, 0.3) is 5.57 Å². The molecule has 1 aliphatic rings. The molecular weight excluding hydrogens is 256 g/mol. The molecule has 0 saturated heterocycles. The van der Waals surface area contributed by atoms with E-state index in [0.29, 0.717) is 0 Å². The van der Waals surface area contributed by atoms with Gasteiger partial charge in [0.15, 0.2) is 6.29 Å². The first-order valence-electron chi connectivity index (χ1n) is 7.34. The number of benzene rings is 1. The van der Waals surface area contributed by atoms with Crippen LogP contribution in [0.4, 0.5) is 0 Å². The third-order valence-electron chi connectivity index (χ3n) is 4.29. The van der Waals surface area contributed by atoms with E-state index in [2.05, 4.69) is 45.6 Å². The van der Waals surface area contributed by atoms with Gasteiger partial charge in [-0.15, -0.1) is 0 Å². The molecule has 1 nitrogen and oxygen atoms in total. The van der Waals surface area contributed by atoms with Crippen molar-refractivity contribution in [2.45, 2.75) is 34.1 Å². The van der Waals surface area contributed by atoms with E-state index >= 15 is 0 Å². The molecule has 21 heavy (non-hydrogen) atoms. The minimum absolute atomic E-state index is 0.828. The summed E-state index contributed by atoms with van der Waals surface area (Å²) in [7, 11) is 0. The molecule has 2 rings (SSSR count). The lowest BCUT2D eigenvalue weighted by Crippen LogP contribution is -1.99. The average Bonchev–Trinajstić information content (AvgIpc) is 2.60. The van der Waals surface area contributed by atoms with Gasteiger partial charge in [0.1, 0.15) is 0 Å². The van der Waals surface area contributed by atoms with Crippen LogP contribution in [-0.2, 0) is 6.42 Å². The molecule has 0 saturated carbocycles. The molecule has 0 aliphatic heterocycles. The molecular formula is C20H22O. The standard InChI is InChI=1S/C20H22O/c1-6-17-11-18(10-14(3)20(17)12-21)19-9-7-8-13(2)15(4)16(19)5/h7-12H,2,6H2,1,3-5H3. The number of aldehydes is 1. The van der Waals surface area contributed by atoms with Crippen molar-refractivity contribution in [3.8, 4) is 0 Å². The predicted molar refractivity (Wildman–Crippen MR) is 90.6 cm³/mol. The zero-order chi connectivity index (χ0) is 15.6. The van der Waals surface area contributed by atoms with Crippen molar-refractivity contribution in [3.05, 3.63) is 75.9 Å². The number of carbonyl (C=O) groups is 1. The molecule has 0 unspecified atom stereocenters. The summed E-state index contributed by atoms with van der Waals surface area (Å²) in [6, 6.07) is 4.24. The second kappa shape index (κ2) is 6.09. The maximum atomic E-state index is 11.3. The van der Waals surface area contributed by atoms with E-state index in [0.717, 1.165) is 35.0 Å². The normalized spacial score (nSPS) is 15.0. The fraction of sp³-hybridized carbons (Fsp3) is 0.250. The molecule has 1 aliphatic carbocycles. The Morgan fingerprint density at radius 1 is 1.14 bits per heavy atom. The summed E-state index contributed by atoms with van der Waals surface area (Å²) in [5, 5.41) is 0. The van der Waals surface area contributed by atoms with Crippen molar-refractivity contribution >= 4 is 11.9 Å². The molecule has 0 atom stereocenters. The van der Waals surface area contributed by atoms with Gasteiger partial charge in [-0.3, -0.25) is 4.79 Å². The fourth-order valence-electron chi connectivity index (χ4n) is 2.75. The van der Waals surface area contributed by atoms with E-state index in [1.807, 2.05) is 19.1 Å². The number of aryl methyl sites for hydroxylation is 2. The Morgan fingerprint density at radius 2 is 1.86 bits per heavy atom. The lowest BCUT2D eigenvalue weighted by molar-refractivity contribution is 0.112. The first-order chi connectivity index (χ1) is 9.99. The summed E-state index contributed by atoms with van der Waals surface area (Å²) in [6.45, 7) is 12.4. The van der Waals surface area contributed by atoms with Gasteiger partial charge in [-0.2, -0.15) is 0 Å². The van der Waals surface area contributed by atoms with Crippen molar-refractivity contribution in [3.63, 3.8) is 0 Å². The molecule has 0 amide bonds. The minimum Gasteiger partial charge on any atom is -0.298 e. The monoisotopic (exact) mass is 278 g/mol. The SMILES string of the molecule is C=C1C=CC=C(c2cc(C)c(C=O)c(CC)c2)C(C)=C1C. The van der Waals surface area contributed by atoms with Gasteiger partial charge in [-0.25, -0.2) is 0 Å². The van der Waals surface area contributed by atoms with E-state index in [-0.39, 0.29) is 0 Å². The Labute approximate surface area is 127 Å². The van der Waals surface area contributed by atoms with Crippen LogP contribution in [0.15, 0.2) is 53.7 Å². The van der Waals surface area contributed by atoms with E-state index in [1.165, 1.54) is 22.3 Å². The van der Waals surface area contributed by atoms with E-state index in [1.54, 1.807) is 0 Å². The van der Waals surface area contributed by atoms with Crippen molar-refractivity contribution < 1.29 is 4.79 Å². The highest BCUT2D eigenvalue weighted by molar-refractivity contribution is 5.86. The summed E-state index contributed by atoms with van der Waals surface area (Å²) in [5.74, 6) is 0. The third kappa shape index (κ3) is 2.82. The smallest absolute Gasteiger partial charge is 0.150 e. The number of hydrogen-bond acceptors (Lipinski definition) is 1.